The minimum absolute atomic E-state index is 0.122. The third kappa shape index (κ3) is 3.80. The van der Waals surface area contributed by atoms with Gasteiger partial charge in [0.05, 0.1) is 17.4 Å². The fourth-order valence-corrected chi connectivity index (χ4v) is 3.65. The van der Waals surface area contributed by atoms with E-state index in [1.807, 2.05) is 20.8 Å². The number of aromatic nitrogens is 1. The first-order chi connectivity index (χ1) is 13.3. The van der Waals surface area contributed by atoms with Crippen LogP contribution in [0.3, 0.4) is 0 Å². The molecule has 8 heteroatoms. The molecule has 2 unspecified atom stereocenters. The molecule has 2 fully saturated rings. The molecule has 2 aliphatic heterocycles. The van der Waals surface area contributed by atoms with Crippen LogP contribution in [0.5, 0.6) is 0 Å². The molecule has 2 saturated heterocycles. The van der Waals surface area contributed by atoms with Gasteiger partial charge in [-0.2, -0.15) is 0 Å². The average Bonchev–Trinajstić information content (AvgIpc) is 2.95. The lowest BCUT2D eigenvalue weighted by molar-refractivity contribution is 0.0480. The second kappa shape index (κ2) is 7.69. The largest absolute Gasteiger partial charge is 0.495 e. The standard InChI is InChI=1S/C20H26BFN2O4/c1-12-20(2,3)28-21(27-12)15-11-17(19(25)23-13-7-9-26-10-8-13)24-18-14(15)5-4-6-16(18)22/h4-6,11-13,19,23,25H,7-10H2,1-3H3. The monoisotopic (exact) mass is 388 g/mol. The molecule has 0 bridgehead atoms. The Kier molecular flexibility index (Phi) is 5.42. The summed E-state index contributed by atoms with van der Waals surface area (Å²) in [6.45, 7) is 7.19. The molecule has 0 aliphatic carbocycles. The van der Waals surface area contributed by atoms with Gasteiger partial charge in [0.1, 0.15) is 17.6 Å². The zero-order valence-corrected chi connectivity index (χ0v) is 16.4. The molecule has 2 N–H and O–H groups in total. The van der Waals surface area contributed by atoms with Crippen molar-refractivity contribution in [2.45, 2.75) is 57.6 Å². The maximum atomic E-state index is 14.5. The minimum atomic E-state index is -1.02. The second-order valence-electron chi connectivity index (χ2n) is 8.06. The van der Waals surface area contributed by atoms with Crippen LogP contribution in [0.1, 0.15) is 45.5 Å². The van der Waals surface area contributed by atoms with Gasteiger partial charge in [-0.05, 0) is 51.2 Å². The van der Waals surface area contributed by atoms with E-state index in [9.17, 15) is 9.50 Å². The van der Waals surface area contributed by atoms with Crippen molar-refractivity contribution in [3.8, 4) is 0 Å². The number of rotatable bonds is 4. The van der Waals surface area contributed by atoms with E-state index in [0.717, 1.165) is 12.8 Å². The van der Waals surface area contributed by atoms with Crippen LogP contribution in [0.4, 0.5) is 4.39 Å². The molecule has 0 saturated carbocycles. The Morgan fingerprint density at radius 1 is 1.32 bits per heavy atom. The first-order valence-corrected chi connectivity index (χ1v) is 9.79. The summed E-state index contributed by atoms with van der Waals surface area (Å²) < 4.78 is 32.0. The topological polar surface area (TPSA) is 72.8 Å². The number of nitrogens with one attached hydrogen (secondary N) is 1. The van der Waals surface area contributed by atoms with Crippen LogP contribution >= 0.6 is 0 Å². The highest BCUT2D eigenvalue weighted by Crippen LogP contribution is 2.29. The number of fused-ring (bicyclic) bond motifs is 1. The van der Waals surface area contributed by atoms with Crippen molar-refractivity contribution in [1.29, 1.82) is 0 Å². The molecule has 3 heterocycles. The SMILES string of the molecule is CC1OB(c2cc(C(O)NC3CCOCC3)nc3c(F)cccc23)OC1(C)C. The van der Waals surface area contributed by atoms with Crippen molar-refractivity contribution in [3.05, 3.63) is 35.8 Å². The number of hydrogen-bond donors (Lipinski definition) is 2. The van der Waals surface area contributed by atoms with Gasteiger partial charge in [-0.1, -0.05) is 12.1 Å². The number of nitrogens with zero attached hydrogens (tertiary/aromatic N) is 1. The van der Waals surface area contributed by atoms with Gasteiger partial charge in [-0.3, -0.25) is 5.32 Å². The molecule has 0 amide bonds. The highest BCUT2D eigenvalue weighted by Gasteiger charge is 2.45. The van der Waals surface area contributed by atoms with Gasteiger partial charge in [0, 0.05) is 24.6 Å². The summed E-state index contributed by atoms with van der Waals surface area (Å²) in [6.07, 6.45) is 0.486. The molecule has 150 valence electrons. The van der Waals surface area contributed by atoms with Crippen LogP contribution in [0.15, 0.2) is 24.3 Å². The molecule has 0 spiro atoms. The summed E-state index contributed by atoms with van der Waals surface area (Å²) in [5.41, 5.74) is 0.757. The van der Waals surface area contributed by atoms with Gasteiger partial charge < -0.3 is 19.2 Å². The number of hydrogen-bond acceptors (Lipinski definition) is 6. The Morgan fingerprint density at radius 3 is 2.75 bits per heavy atom. The highest BCUT2D eigenvalue weighted by atomic mass is 19.1. The first kappa shape index (κ1) is 19.7. The number of ether oxygens (including phenoxy) is 1. The van der Waals surface area contributed by atoms with Gasteiger partial charge in [0.15, 0.2) is 0 Å². The Labute approximate surface area is 164 Å². The third-order valence-electron chi connectivity index (χ3n) is 5.71. The summed E-state index contributed by atoms with van der Waals surface area (Å²) in [7, 11) is -0.647. The van der Waals surface area contributed by atoms with Crippen LogP contribution in [0.25, 0.3) is 10.9 Å². The van der Waals surface area contributed by atoms with E-state index in [4.69, 9.17) is 14.0 Å². The summed E-state index contributed by atoms with van der Waals surface area (Å²) >= 11 is 0. The first-order valence-electron chi connectivity index (χ1n) is 9.79. The van der Waals surface area contributed by atoms with Crippen LogP contribution in [-0.4, -0.2) is 48.2 Å². The minimum Gasteiger partial charge on any atom is -0.402 e. The average molecular weight is 388 g/mol. The molecule has 0 radical (unpaired) electrons. The normalized spacial score (nSPS) is 24.0. The van der Waals surface area contributed by atoms with Gasteiger partial charge >= 0.3 is 7.12 Å². The van der Waals surface area contributed by atoms with E-state index in [2.05, 4.69) is 10.3 Å². The Hall–Kier alpha value is -1.58. The van der Waals surface area contributed by atoms with Crippen molar-refractivity contribution in [2.24, 2.45) is 0 Å². The lowest BCUT2D eigenvalue weighted by Gasteiger charge is -2.26. The van der Waals surface area contributed by atoms with Crippen molar-refractivity contribution >= 4 is 23.5 Å². The van der Waals surface area contributed by atoms with E-state index in [0.29, 0.717) is 29.8 Å². The maximum absolute atomic E-state index is 14.5. The fraction of sp³-hybridized carbons (Fsp3) is 0.550. The van der Waals surface area contributed by atoms with E-state index in [1.54, 1.807) is 18.2 Å². The van der Waals surface area contributed by atoms with E-state index in [1.165, 1.54) is 6.07 Å². The molecule has 2 aliphatic rings. The smallest absolute Gasteiger partial charge is 0.402 e. The Morgan fingerprint density at radius 2 is 2.07 bits per heavy atom. The maximum Gasteiger partial charge on any atom is 0.495 e. The van der Waals surface area contributed by atoms with E-state index < -0.39 is 24.8 Å². The third-order valence-corrected chi connectivity index (χ3v) is 5.71. The molecular formula is C20H26BFN2O4. The molecular weight excluding hydrogens is 362 g/mol. The van der Waals surface area contributed by atoms with Gasteiger partial charge in [-0.15, -0.1) is 0 Å². The number of aliphatic hydroxyl groups is 1. The summed E-state index contributed by atoms with van der Waals surface area (Å²) in [5.74, 6) is -0.441. The Balaban J connectivity index is 1.71. The predicted octanol–water partition coefficient (Wildman–Crippen LogP) is 2.04. The molecule has 4 rings (SSSR count). The molecule has 6 nitrogen and oxygen atoms in total. The molecule has 2 atom stereocenters. The summed E-state index contributed by atoms with van der Waals surface area (Å²) in [4.78, 5) is 4.40. The highest BCUT2D eigenvalue weighted by molar-refractivity contribution is 6.65. The zero-order valence-electron chi connectivity index (χ0n) is 16.4. The van der Waals surface area contributed by atoms with E-state index >= 15 is 0 Å². The Bertz CT molecular complexity index is 859. The van der Waals surface area contributed by atoms with Crippen molar-refractivity contribution in [2.75, 3.05) is 13.2 Å². The van der Waals surface area contributed by atoms with Crippen LogP contribution in [0, 0.1) is 5.82 Å². The number of aliphatic hydroxyl groups excluding tert-OH is 1. The summed E-state index contributed by atoms with van der Waals surface area (Å²) in [6, 6.07) is 6.68. The molecule has 2 aromatic rings. The number of para-hydroxylation sites is 1. The fourth-order valence-electron chi connectivity index (χ4n) is 3.65. The van der Waals surface area contributed by atoms with Gasteiger partial charge in [0.2, 0.25) is 0 Å². The second-order valence-corrected chi connectivity index (χ2v) is 8.06. The van der Waals surface area contributed by atoms with Crippen molar-refractivity contribution in [1.82, 2.24) is 10.3 Å². The lowest BCUT2D eigenvalue weighted by Crippen LogP contribution is -2.39. The quantitative estimate of drug-likeness (QED) is 0.617. The molecule has 1 aromatic carbocycles. The van der Waals surface area contributed by atoms with Crippen molar-refractivity contribution < 1.29 is 23.5 Å². The predicted molar refractivity (Wildman–Crippen MR) is 105 cm³/mol. The number of benzene rings is 1. The molecule has 1 aromatic heterocycles. The number of pyridine rings is 1. The lowest BCUT2D eigenvalue weighted by atomic mass is 9.76. The van der Waals surface area contributed by atoms with Crippen molar-refractivity contribution in [3.63, 3.8) is 0 Å². The van der Waals surface area contributed by atoms with Gasteiger partial charge in [-0.25, -0.2) is 9.37 Å². The van der Waals surface area contributed by atoms with Gasteiger partial charge in [0.25, 0.3) is 0 Å². The van der Waals surface area contributed by atoms with Crippen LogP contribution < -0.4 is 10.8 Å². The molecule has 28 heavy (non-hydrogen) atoms. The van der Waals surface area contributed by atoms with Crippen LogP contribution in [0.2, 0.25) is 0 Å². The zero-order chi connectivity index (χ0) is 19.9. The van der Waals surface area contributed by atoms with Crippen LogP contribution in [-0.2, 0) is 14.0 Å². The summed E-state index contributed by atoms with van der Waals surface area (Å²) in [5, 5.41) is 14.5. The van der Waals surface area contributed by atoms with E-state index in [-0.39, 0.29) is 17.7 Å². The number of halogens is 1.